The maximum absolute atomic E-state index is 12.4. The first-order valence-electron chi connectivity index (χ1n) is 8.64. The van der Waals surface area contributed by atoms with E-state index in [4.69, 9.17) is 0 Å². The van der Waals surface area contributed by atoms with E-state index in [0.717, 1.165) is 9.87 Å². The number of hydrogen-bond acceptors (Lipinski definition) is 3. The van der Waals surface area contributed by atoms with Gasteiger partial charge in [-0.3, -0.25) is 4.79 Å². The van der Waals surface area contributed by atoms with Crippen molar-refractivity contribution in [1.29, 1.82) is 0 Å². The molecule has 0 bridgehead atoms. The Kier molecular flexibility index (Phi) is 5.34. The molecule has 3 rings (SSSR count). The summed E-state index contributed by atoms with van der Waals surface area (Å²) in [6, 6.07) is 15.8. The first-order valence-corrected chi connectivity index (χ1v) is 10.1. The molecule has 27 heavy (non-hydrogen) atoms. The number of aromatic nitrogens is 1. The van der Waals surface area contributed by atoms with Gasteiger partial charge in [-0.05, 0) is 28.8 Å². The van der Waals surface area contributed by atoms with Crippen molar-refractivity contribution in [2.24, 2.45) is 7.05 Å². The van der Waals surface area contributed by atoms with Crippen LogP contribution in [0.5, 0.6) is 0 Å². The minimum absolute atomic E-state index is 0.106. The summed E-state index contributed by atoms with van der Waals surface area (Å²) in [6.07, 6.45) is 2.15. The summed E-state index contributed by atoms with van der Waals surface area (Å²) < 4.78 is 27.1. The van der Waals surface area contributed by atoms with Crippen molar-refractivity contribution in [2.45, 2.75) is 11.3 Å². The maximum Gasteiger partial charge on any atom is 0.267 e. The third kappa shape index (κ3) is 4.04. The molecule has 0 saturated heterocycles. The largest absolute Gasteiger partial charge is 0.350 e. The van der Waals surface area contributed by atoms with E-state index in [9.17, 15) is 13.2 Å². The fourth-order valence-corrected chi connectivity index (χ4v) is 3.89. The van der Waals surface area contributed by atoms with Gasteiger partial charge in [0.05, 0.1) is 0 Å². The average Bonchev–Trinajstić information content (AvgIpc) is 3.04. The number of aryl methyl sites for hydroxylation is 1. The molecule has 0 radical (unpaired) electrons. The molecular formula is C20H23N3O3S. The molecule has 142 valence electrons. The number of benzene rings is 2. The Morgan fingerprint density at radius 2 is 1.78 bits per heavy atom. The summed E-state index contributed by atoms with van der Waals surface area (Å²) in [5.41, 5.74) is 1.45. The lowest BCUT2D eigenvalue weighted by Crippen LogP contribution is -2.27. The summed E-state index contributed by atoms with van der Waals surface area (Å²) in [5, 5.41) is 5.21. The second-order valence-electron chi connectivity index (χ2n) is 6.65. The molecule has 6 nitrogen and oxygen atoms in total. The zero-order valence-corrected chi connectivity index (χ0v) is 16.5. The average molecular weight is 385 g/mol. The van der Waals surface area contributed by atoms with E-state index < -0.39 is 10.0 Å². The van der Waals surface area contributed by atoms with Crippen molar-refractivity contribution >= 4 is 26.7 Å². The number of sulfonamides is 1. The van der Waals surface area contributed by atoms with E-state index in [1.54, 1.807) is 7.05 Å². The maximum atomic E-state index is 12.4. The molecule has 2 aromatic carbocycles. The number of carbonyl (C=O) groups excluding carboxylic acids is 1. The van der Waals surface area contributed by atoms with Gasteiger partial charge in [-0.15, -0.1) is 0 Å². The van der Waals surface area contributed by atoms with Crippen LogP contribution in [0.4, 0.5) is 0 Å². The number of carbonyl (C=O) groups is 1. The molecule has 1 heterocycles. The molecule has 1 amide bonds. The summed E-state index contributed by atoms with van der Waals surface area (Å²) in [5.74, 6) is -0.293. The van der Waals surface area contributed by atoms with E-state index in [0.29, 0.717) is 18.7 Å². The fraction of sp³-hybridized carbons (Fsp3) is 0.250. The molecule has 1 N–H and O–H groups in total. The predicted octanol–water partition coefficient (Wildman–Crippen LogP) is 2.40. The first-order chi connectivity index (χ1) is 12.8. The molecule has 1 aromatic heterocycles. The van der Waals surface area contributed by atoms with Gasteiger partial charge in [0, 0.05) is 33.9 Å². The highest BCUT2D eigenvalue weighted by Crippen LogP contribution is 2.17. The van der Waals surface area contributed by atoms with Gasteiger partial charge in [-0.25, -0.2) is 12.7 Å². The number of nitrogens with one attached hydrogen (secondary N) is 1. The van der Waals surface area contributed by atoms with Crippen molar-refractivity contribution in [3.8, 4) is 0 Å². The van der Waals surface area contributed by atoms with Crippen LogP contribution in [0.2, 0.25) is 0 Å². The molecule has 0 atom stereocenters. The molecule has 0 aliphatic carbocycles. The zero-order chi connectivity index (χ0) is 19.6. The molecule has 0 spiro atoms. The molecule has 3 aromatic rings. The van der Waals surface area contributed by atoms with Gasteiger partial charge in [0.25, 0.3) is 5.91 Å². The molecule has 0 aliphatic rings. The second kappa shape index (κ2) is 7.54. The van der Waals surface area contributed by atoms with Gasteiger partial charge in [0.1, 0.15) is 10.6 Å². The van der Waals surface area contributed by atoms with Gasteiger partial charge >= 0.3 is 0 Å². The third-order valence-corrected chi connectivity index (χ3v) is 6.28. The number of fused-ring (bicyclic) bond motifs is 1. The zero-order valence-electron chi connectivity index (χ0n) is 15.6. The van der Waals surface area contributed by atoms with E-state index in [2.05, 4.69) is 35.6 Å². The molecule has 0 unspecified atom stereocenters. The number of nitrogens with zero attached hydrogens (tertiary/aromatic N) is 2. The van der Waals surface area contributed by atoms with Crippen LogP contribution in [-0.4, -0.2) is 43.8 Å². The van der Waals surface area contributed by atoms with Crippen LogP contribution in [0.25, 0.3) is 10.8 Å². The lowest BCUT2D eigenvalue weighted by molar-refractivity contribution is 0.0946. The monoisotopic (exact) mass is 385 g/mol. The van der Waals surface area contributed by atoms with Gasteiger partial charge in [-0.1, -0.05) is 42.5 Å². The van der Waals surface area contributed by atoms with E-state index in [1.807, 2.05) is 12.1 Å². The molecule has 0 aliphatic heterocycles. The highest BCUT2D eigenvalue weighted by molar-refractivity contribution is 7.89. The van der Waals surface area contributed by atoms with Crippen molar-refractivity contribution < 1.29 is 13.2 Å². The van der Waals surface area contributed by atoms with E-state index in [1.165, 1.54) is 41.7 Å². The highest BCUT2D eigenvalue weighted by atomic mass is 32.2. The lowest BCUT2D eigenvalue weighted by Gasteiger charge is -2.08. The summed E-state index contributed by atoms with van der Waals surface area (Å²) >= 11 is 0. The van der Waals surface area contributed by atoms with E-state index >= 15 is 0 Å². The summed E-state index contributed by atoms with van der Waals surface area (Å²) in [4.78, 5) is 12.5. The standard InChI is InChI=1S/C20H23N3O3S/c1-22(2)27(25,26)18-13-19(23(3)14-18)20(24)21-11-10-15-8-9-16-6-4-5-7-17(16)12-15/h4-9,12-14H,10-11H2,1-3H3,(H,21,24). The van der Waals surface area contributed by atoms with Crippen molar-refractivity contribution in [2.75, 3.05) is 20.6 Å². The Morgan fingerprint density at radius 1 is 1.07 bits per heavy atom. The van der Waals surface area contributed by atoms with Crippen LogP contribution < -0.4 is 5.32 Å². The van der Waals surface area contributed by atoms with E-state index in [-0.39, 0.29) is 10.8 Å². The van der Waals surface area contributed by atoms with Crippen LogP contribution in [0.3, 0.4) is 0 Å². The lowest BCUT2D eigenvalue weighted by atomic mass is 10.1. The predicted molar refractivity (Wildman–Crippen MR) is 106 cm³/mol. The van der Waals surface area contributed by atoms with Gasteiger partial charge in [0.15, 0.2) is 0 Å². The molecule has 0 fully saturated rings. The van der Waals surface area contributed by atoms with Gasteiger partial charge in [0.2, 0.25) is 10.0 Å². The number of amides is 1. The van der Waals surface area contributed by atoms with Crippen molar-refractivity contribution in [3.05, 3.63) is 66.0 Å². The molecule has 7 heteroatoms. The van der Waals surface area contributed by atoms with Crippen LogP contribution in [-0.2, 0) is 23.5 Å². The third-order valence-electron chi connectivity index (χ3n) is 4.50. The van der Waals surface area contributed by atoms with Gasteiger partial charge in [-0.2, -0.15) is 0 Å². The van der Waals surface area contributed by atoms with Crippen LogP contribution in [0.1, 0.15) is 16.1 Å². The first kappa shape index (κ1) is 19.1. The second-order valence-corrected chi connectivity index (χ2v) is 8.80. The minimum atomic E-state index is -3.56. The quantitative estimate of drug-likeness (QED) is 0.708. The number of hydrogen-bond donors (Lipinski definition) is 1. The molecular weight excluding hydrogens is 362 g/mol. The van der Waals surface area contributed by atoms with Crippen molar-refractivity contribution in [1.82, 2.24) is 14.2 Å². The Labute approximate surface area is 159 Å². The topological polar surface area (TPSA) is 71.4 Å². The molecule has 0 saturated carbocycles. The SMILES string of the molecule is CN(C)S(=O)(=O)c1cc(C(=O)NCCc2ccc3ccccc3c2)n(C)c1. The van der Waals surface area contributed by atoms with Crippen molar-refractivity contribution in [3.63, 3.8) is 0 Å². The fourth-order valence-electron chi connectivity index (χ4n) is 2.92. The minimum Gasteiger partial charge on any atom is -0.350 e. The normalized spacial score (nSPS) is 11.9. The Hall–Kier alpha value is -2.64. The Bertz CT molecular complexity index is 1080. The summed E-state index contributed by atoms with van der Waals surface area (Å²) in [6.45, 7) is 0.470. The highest BCUT2D eigenvalue weighted by Gasteiger charge is 2.22. The van der Waals surface area contributed by atoms with Crippen LogP contribution >= 0.6 is 0 Å². The summed E-state index contributed by atoms with van der Waals surface area (Å²) in [7, 11) is 1.02. The number of rotatable bonds is 6. The van der Waals surface area contributed by atoms with Gasteiger partial charge < -0.3 is 9.88 Å². The Morgan fingerprint density at radius 3 is 2.48 bits per heavy atom. The van der Waals surface area contributed by atoms with Crippen LogP contribution in [0.15, 0.2) is 59.6 Å². The Balaban J connectivity index is 1.66. The van der Waals surface area contributed by atoms with Crippen LogP contribution in [0, 0.1) is 0 Å². The smallest absolute Gasteiger partial charge is 0.267 e.